The second-order valence-electron chi connectivity index (χ2n) is 1.39. The van der Waals surface area contributed by atoms with Crippen LogP contribution in [0.5, 0.6) is 0 Å². The van der Waals surface area contributed by atoms with Crippen LogP contribution in [0.1, 0.15) is 6.92 Å². The summed E-state index contributed by atoms with van der Waals surface area (Å²) in [5.41, 5.74) is 0. The molecule has 11 heavy (non-hydrogen) atoms. The molecule has 0 bridgehead atoms. The van der Waals surface area contributed by atoms with Crippen LogP contribution < -0.4 is 0 Å². The summed E-state index contributed by atoms with van der Waals surface area (Å²) in [5, 5.41) is 8.23. The fourth-order valence-electron chi connectivity index (χ4n) is 0.350. The van der Waals surface area contributed by atoms with Gasteiger partial charge in [-0.25, -0.2) is 0 Å². The minimum absolute atomic E-state index is 0.313. The Kier molecular flexibility index (Phi) is 6.24. The molecular weight excluding hydrogens is 277 g/mol. The van der Waals surface area contributed by atoms with Gasteiger partial charge in [-0.2, -0.15) is 0 Å². The standard InChI is InChI=1S/C6H6BrNO2Se/c1-2-10-6(9)3-5(7)11-4-8/h3H,2H2,1H3/b5-3-. The molecule has 0 aliphatic rings. The van der Waals surface area contributed by atoms with Gasteiger partial charge in [-0.3, -0.25) is 0 Å². The summed E-state index contributed by atoms with van der Waals surface area (Å²) < 4.78 is 5.22. The van der Waals surface area contributed by atoms with Gasteiger partial charge in [0.1, 0.15) is 0 Å². The summed E-state index contributed by atoms with van der Waals surface area (Å²) in [4.78, 5) is 12.7. The third-order valence-corrected chi connectivity index (χ3v) is 2.58. The van der Waals surface area contributed by atoms with Crippen LogP contribution >= 0.6 is 15.9 Å². The van der Waals surface area contributed by atoms with Crippen LogP contribution in [0.3, 0.4) is 0 Å². The second-order valence-corrected chi connectivity index (χ2v) is 5.16. The van der Waals surface area contributed by atoms with Gasteiger partial charge in [0.05, 0.1) is 0 Å². The minimum atomic E-state index is -0.406. The van der Waals surface area contributed by atoms with E-state index >= 15 is 0 Å². The molecule has 3 nitrogen and oxygen atoms in total. The zero-order valence-corrected chi connectivity index (χ0v) is 9.13. The van der Waals surface area contributed by atoms with Crippen molar-refractivity contribution in [2.45, 2.75) is 6.92 Å². The van der Waals surface area contributed by atoms with E-state index in [0.717, 1.165) is 0 Å². The Morgan fingerprint density at radius 3 is 3.00 bits per heavy atom. The summed E-state index contributed by atoms with van der Waals surface area (Å²) in [6.45, 7) is 2.09. The molecule has 0 saturated heterocycles. The molecule has 0 saturated carbocycles. The SMILES string of the molecule is CCOC(=O)/C=C(/Br)[Se]C#N. The number of ether oxygens (including phenoxy) is 1. The molecule has 0 aromatic carbocycles. The van der Waals surface area contributed by atoms with Gasteiger partial charge in [-0.1, -0.05) is 0 Å². The molecule has 60 valence electrons. The maximum absolute atomic E-state index is 10.7. The summed E-state index contributed by atoms with van der Waals surface area (Å²) in [6, 6.07) is 0. The van der Waals surface area contributed by atoms with E-state index in [1.54, 1.807) is 6.92 Å². The Morgan fingerprint density at radius 2 is 2.55 bits per heavy atom. The molecule has 0 fully saturated rings. The van der Waals surface area contributed by atoms with Crippen LogP contribution in [0.2, 0.25) is 0 Å². The first-order valence-corrected chi connectivity index (χ1v) is 5.31. The van der Waals surface area contributed by atoms with Gasteiger partial charge >= 0.3 is 79.6 Å². The molecule has 0 amide bonds. The van der Waals surface area contributed by atoms with Crippen molar-refractivity contribution >= 4 is 36.9 Å². The fraction of sp³-hybridized carbons (Fsp3) is 0.333. The van der Waals surface area contributed by atoms with Crippen LogP contribution in [-0.4, -0.2) is 27.5 Å². The topological polar surface area (TPSA) is 50.1 Å². The third kappa shape index (κ3) is 6.11. The molecule has 0 radical (unpaired) electrons. The van der Waals surface area contributed by atoms with Gasteiger partial charge < -0.3 is 0 Å². The van der Waals surface area contributed by atoms with Crippen molar-refractivity contribution in [1.29, 1.82) is 5.26 Å². The van der Waals surface area contributed by atoms with Gasteiger partial charge in [0.2, 0.25) is 0 Å². The van der Waals surface area contributed by atoms with E-state index in [9.17, 15) is 4.79 Å². The monoisotopic (exact) mass is 283 g/mol. The molecule has 0 aliphatic heterocycles. The Balaban J connectivity index is 3.88. The van der Waals surface area contributed by atoms with E-state index < -0.39 is 5.97 Å². The summed E-state index contributed by atoms with van der Waals surface area (Å²) in [6.07, 6.45) is 1.28. The summed E-state index contributed by atoms with van der Waals surface area (Å²) in [7, 11) is 0. The van der Waals surface area contributed by atoms with Crippen LogP contribution in [0.4, 0.5) is 0 Å². The second kappa shape index (κ2) is 6.41. The number of rotatable bonds is 3. The molecule has 0 unspecified atom stereocenters. The van der Waals surface area contributed by atoms with Gasteiger partial charge in [0.25, 0.3) is 0 Å². The number of carbonyl (C=O) groups is 1. The van der Waals surface area contributed by atoms with E-state index in [4.69, 9.17) is 5.26 Å². The fourth-order valence-corrected chi connectivity index (χ4v) is 1.42. The average molecular weight is 283 g/mol. The van der Waals surface area contributed by atoms with Gasteiger partial charge in [0, 0.05) is 0 Å². The molecule has 0 spiro atoms. The molecule has 0 heterocycles. The molecule has 0 aliphatic carbocycles. The van der Waals surface area contributed by atoms with Crippen LogP contribution in [-0.2, 0) is 9.53 Å². The molecule has 0 N–H and O–H groups in total. The van der Waals surface area contributed by atoms with Crippen molar-refractivity contribution in [2.75, 3.05) is 6.61 Å². The molecule has 5 heteroatoms. The van der Waals surface area contributed by atoms with Crippen LogP contribution in [0, 0.1) is 10.2 Å². The van der Waals surface area contributed by atoms with E-state index in [-0.39, 0.29) is 15.0 Å². The Labute approximate surface area is 79.7 Å². The van der Waals surface area contributed by atoms with Gasteiger partial charge in [-0.15, -0.1) is 0 Å². The van der Waals surface area contributed by atoms with E-state index in [1.807, 2.05) is 4.97 Å². The number of carbonyl (C=O) groups excluding carboxylic acids is 1. The van der Waals surface area contributed by atoms with Crippen LogP contribution in [0.15, 0.2) is 9.46 Å². The first-order valence-electron chi connectivity index (χ1n) is 2.80. The number of esters is 1. The molecular formula is C6H6BrNO2Se. The summed E-state index contributed by atoms with van der Waals surface area (Å²) >= 11 is 2.76. The zero-order chi connectivity index (χ0) is 8.69. The van der Waals surface area contributed by atoms with Gasteiger partial charge in [-0.05, 0) is 0 Å². The zero-order valence-electron chi connectivity index (χ0n) is 5.83. The third-order valence-electron chi connectivity index (χ3n) is 0.661. The quantitative estimate of drug-likeness (QED) is 0.440. The van der Waals surface area contributed by atoms with Crippen molar-refractivity contribution in [1.82, 2.24) is 0 Å². The molecule has 0 aromatic rings. The van der Waals surface area contributed by atoms with Crippen molar-refractivity contribution in [3.8, 4) is 4.97 Å². The maximum atomic E-state index is 10.7. The number of hydrogen-bond acceptors (Lipinski definition) is 3. The van der Waals surface area contributed by atoms with Crippen molar-refractivity contribution < 1.29 is 9.53 Å². The number of nitriles is 1. The first kappa shape index (κ1) is 10.7. The summed E-state index contributed by atoms with van der Waals surface area (Å²) in [5.74, 6) is -0.406. The van der Waals surface area contributed by atoms with E-state index in [1.165, 1.54) is 6.08 Å². The predicted octanol–water partition coefficient (Wildman–Crippen LogP) is 0.971. The van der Waals surface area contributed by atoms with Crippen molar-refractivity contribution in [3.05, 3.63) is 9.46 Å². The van der Waals surface area contributed by atoms with Crippen molar-refractivity contribution in [2.24, 2.45) is 0 Å². The van der Waals surface area contributed by atoms with Gasteiger partial charge in [0.15, 0.2) is 0 Å². The van der Waals surface area contributed by atoms with E-state index in [0.29, 0.717) is 9.99 Å². The molecule has 0 atom stereocenters. The Hall–Kier alpha value is -0.301. The number of hydrogen-bond donors (Lipinski definition) is 0. The van der Waals surface area contributed by atoms with E-state index in [2.05, 4.69) is 20.7 Å². The first-order chi connectivity index (χ1) is 5.20. The predicted molar refractivity (Wildman–Crippen MR) is 45.0 cm³/mol. The Morgan fingerprint density at radius 1 is 1.91 bits per heavy atom. The Bertz CT molecular complexity index is 209. The van der Waals surface area contributed by atoms with Crippen LogP contribution in [0.25, 0.3) is 0 Å². The number of nitrogens with zero attached hydrogens (tertiary/aromatic N) is 1. The normalized spacial score (nSPS) is 10.5. The van der Waals surface area contributed by atoms with Crippen molar-refractivity contribution in [3.63, 3.8) is 0 Å². The number of halogens is 1. The molecule has 0 rings (SSSR count). The molecule has 0 aromatic heterocycles. The average Bonchev–Trinajstić information content (AvgIpc) is 1.87.